The van der Waals surface area contributed by atoms with E-state index in [-0.39, 0.29) is 5.92 Å². The second-order valence-corrected chi connectivity index (χ2v) is 10.6. The summed E-state index contributed by atoms with van der Waals surface area (Å²) in [6.07, 6.45) is -1.17. The summed E-state index contributed by atoms with van der Waals surface area (Å²) in [4.78, 5) is 12.8. The molecule has 2 atom stereocenters. The van der Waals surface area contributed by atoms with E-state index >= 15 is 0 Å². The van der Waals surface area contributed by atoms with Gasteiger partial charge in [0.2, 0.25) is 5.91 Å². The highest BCUT2D eigenvalue weighted by Gasteiger charge is 2.51. The Labute approximate surface area is 195 Å². The van der Waals surface area contributed by atoms with Crippen molar-refractivity contribution in [2.24, 2.45) is 5.92 Å². The summed E-state index contributed by atoms with van der Waals surface area (Å²) < 4.78 is 40.2. The summed E-state index contributed by atoms with van der Waals surface area (Å²) in [7, 11) is -0.581. The second kappa shape index (κ2) is 9.32. The number of carbonyl (C=O) groups is 1. The van der Waals surface area contributed by atoms with Crippen molar-refractivity contribution in [2.75, 3.05) is 0 Å². The molecule has 0 spiro atoms. The Morgan fingerprint density at radius 3 is 2.09 bits per heavy atom. The minimum absolute atomic E-state index is 0.106. The van der Waals surface area contributed by atoms with Gasteiger partial charge < -0.3 is 14.6 Å². The molecule has 2 N–H and O–H groups in total. The first-order chi connectivity index (χ1) is 15.3. The molecule has 33 heavy (non-hydrogen) atoms. The summed E-state index contributed by atoms with van der Waals surface area (Å²) in [5, 5.41) is 14.9. The molecule has 0 radical (unpaired) electrons. The first-order valence-corrected chi connectivity index (χ1v) is 11.5. The largest absolute Gasteiger partial charge is 0.494 e. The van der Waals surface area contributed by atoms with E-state index in [0.29, 0.717) is 24.8 Å². The Morgan fingerprint density at radius 2 is 1.67 bits per heavy atom. The minimum atomic E-state index is -2.72. The molecule has 1 aliphatic carbocycles. The molecule has 1 amide bonds. The van der Waals surface area contributed by atoms with E-state index < -0.39 is 48.3 Å². The highest BCUT2D eigenvalue weighted by atomic mass is 19.3. The lowest BCUT2D eigenvalue weighted by Gasteiger charge is -2.32. The fourth-order valence-corrected chi connectivity index (χ4v) is 3.81. The number of nitrogens with zero attached hydrogens (tertiary/aromatic N) is 1. The zero-order chi connectivity index (χ0) is 24.6. The van der Waals surface area contributed by atoms with Crippen molar-refractivity contribution in [1.29, 1.82) is 5.26 Å². The number of rotatable bonds is 9. The van der Waals surface area contributed by atoms with Crippen LogP contribution in [0.15, 0.2) is 24.3 Å². The van der Waals surface area contributed by atoms with Gasteiger partial charge in [0.05, 0.1) is 29.4 Å². The van der Waals surface area contributed by atoms with Crippen molar-refractivity contribution in [3.63, 3.8) is 0 Å². The van der Waals surface area contributed by atoms with E-state index in [1.54, 1.807) is 24.3 Å². The van der Waals surface area contributed by atoms with Gasteiger partial charge in [0.1, 0.15) is 5.54 Å². The number of benzene rings is 1. The molecule has 3 rings (SSSR count). The van der Waals surface area contributed by atoms with Gasteiger partial charge in [-0.25, -0.2) is 8.78 Å². The fourth-order valence-electron chi connectivity index (χ4n) is 3.81. The van der Waals surface area contributed by atoms with Crippen LogP contribution in [0, 0.1) is 17.2 Å². The molecule has 1 aromatic rings. The van der Waals surface area contributed by atoms with Crippen LogP contribution in [0.1, 0.15) is 72.4 Å². The van der Waals surface area contributed by atoms with E-state index in [1.165, 1.54) is 0 Å². The minimum Gasteiger partial charge on any atom is -0.399 e. The maximum atomic E-state index is 14.1. The highest BCUT2D eigenvalue weighted by molar-refractivity contribution is 6.62. The molecule has 9 heteroatoms. The Hall–Kier alpha value is -2.02. The van der Waals surface area contributed by atoms with Crippen LogP contribution >= 0.6 is 0 Å². The van der Waals surface area contributed by atoms with Crippen molar-refractivity contribution >= 4 is 18.5 Å². The summed E-state index contributed by atoms with van der Waals surface area (Å²) in [5.74, 6) is -0.309. The number of hydrogen-bond acceptors (Lipinski definition) is 5. The van der Waals surface area contributed by atoms with E-state index in [0.717, 1.165) is 5.46 Å². The number of carbonyl (C=O) groups excluding carboxylic acids is 1. The third-order valence-electron chi connectivity index (χ3n) is 6.80. The lowest BCUT2D eigenvalue weighted by molar-refractivity contribution is -0.124. The SMILES string of the molecule is CC(C)C[C@H](N[C@@H](c1ccc(B2OC(C)(C)C(C)(C)O2)cc1)C(F)F)C(=O)NC1(C#N)CC1. The number of hydrogen-bond donors (Lipinski definition) is 2. The van der Waals surface area contributed by atoms with Crippen LogP contribution in [0.5, 0.6) is 0 Å². The molecule has 1 heterocycles. The predicted octanol–water partition coefficient (Wildman–Crippen LogP) is 3.47. The van der Waals surface area contributed by atoms with Crippen LogP contribution in [0.25, 0.3) is 0 Å². The summed E-state index contributed by atoms with van der Waals surface area (Å²) in [6, 6.07) is 6.63. The molecular formula is C24H34BF2N3O3. The van der Waals surface area contributed by atoms with Gasteiger partial charge in [-0.1, -0.05) is 38.1 Å². The topological polar surface area (TPSA) is 83.4 Å². The van der Waals surface area contributed by atoms with E-state index in [4.69, 9.17) is 9.31 Å². The Bertz CT molecular complexity index is 879. The number of nitriles is 1. The Kier molecular flexibility index (Phi) is 7.23. The van der Waals surface area contributed by atoms with Crippen molar-refractivity contribution in [1.82, 2.24) is 10.6 Å². The average molecular weight is 461 g/mol. The Balaban J connectivity index is 1.75. The van der Waals surface area contributed by atoms with Crippen LogP contribution in [0.4, 0.5) is 8.78 Å². The van der Waals surface area contributed by atoms with Crippen LogP contribution < -0.4 is 16.1 Å². The van der Waals surface area contributed by atoms with Gasteiger partial charge >= 0.3 is 7.12 Å². The molecule has 0 bridgehead atoms. The molecule has 180 valence electrons. The second-order valence-electron chi connectivity index (χ2n) is 10.6. The first-order valence-electron chi connectivity index (χ1n) is 11.5. The molecular weight excluding hydrogens is 427 g/mol. The highest BCUT2D eigenvalue weighted by Crippen LogP contribution is 2.37. The van der Waals surface area contributed by atoms with Gasteiger partial charge in [-0.2, -0.15) is 5.26 Å². The van der Waals surface area contributed by atoms with E-state index in [2.05, 4.69) is 16.7 Å². The lowest BCUT2D eigenvalue weighted by Crippen LogP contribution is -2.51. The molecule has 1 saturated carbocycles. The number of halogens is 2. The van der Waals surface area contributed by atoms with Crippen LogP contribution in [0.3, 0.4) is 0 Å². The van der Waals surface area contributed by atoms with Crippen molar-refractivity contribution < 1.29 is 22.9 Å². The van der Waals surface area contributed by atoms with E-state index in [1.807, 2.05) is 41.5 Å². The molecule has 1 aromatic carbocycles. The zero-order valence-electron chi connectivity index (χ0n) is 20.2. The molecule has 0 unspecified atom stereocenters. The lowest BCUT2D eigenvalue weighted by atomic mass is 9.78. The average Bonchev–Trinajstić information content (AvgIpc) is 3.45. The molecule has 6 nitrogen and oxygen atoms in total. The summed E-state index contributed by atoms with van der Waals surface area (Å²) >= 11 is 0. The maximum absolute atomic E-state index is 14.1. The van der Waals surface area contributed by atoms with Crippen molar-refractivity contribution in [2.45, 2.75) is 96.1 Å². The normalized spacial score (nSPS) is 22.2. The monoisotopic (exact) mass is 461 g/mol. The van der Waals surface area contributed by atoms with E-state index in [9.17, 15) is 18.8 Å². The third-order valence-corrected chi connectivity index (χ3v) is 6.80. The molecule has 1 aliphatic heterocycles. The van der Waals surface area contributed by atoms with Gasteiger partial charge in [0.25, 0.3) is 6.43 Å². The van der Waals surface area contributed by atoms with Crippen LogP contribution in [-0.4, -0.2) is 42.2 Å². The molecule has 0 aromatic heterocycles. The number of nitrogens with one attached hydrogen (secondary N) is 2. The van der Waals surface area contributed by atoms with Crippen LogP contribution in [0.2, 0.25) is 0 Å². The van der Waals surface area contributed by atoms with Gasteiger partial charge in [-0.15, -0.1) is 0 Å². The van der Waals surface area contributed by atoms with Gasteiger partial charge in [-0.3, -0.25) is 10.1 Å². The quantitative estimate of drug-likeness (QED) is 0.551. The van der Waals surface area contributed by atoms with Crippen molar-refractivity contribution in [3.05, 3.63) is 29.8 Å². The van der Waals surface area contributed by atoms with Crippen LogP contribution in [-0.2, 0) is 14.1 Å². The molecule has 1 saturated heterocycles. The first kappa shape index (κ1) is 25.6. The van der Waals surface area contributed by atoms with Gasteiger partial charge in [-0.05, 0) is 63.9 Å². The summed E-state index contributed by atoms with van der Waals surface area (Å²) in [6.45, 7) is 11.7. The smallest absolute Gasteiger partial charge is 0.399 e. The molecule has 2 aliphatic rings. The predicted molar refractivity (Wildman–Crippen MR) is 123 cm³/mol. The fraction of sp³-hybridized carbons (Fsp3) is 0.667. The summed E-state index contributed by atoms with van der Waals surface area (Å²) in [5.41, 5.74) is -0.731. The standard InChI is InChI=1S/C24H34BF2N3O3/c1-15(2)13-18(21(31)30-24(14-28)11-12-24)29-19(20(26)27)16-7-9-17(10-8-16)25-32-22(3,4)23(5,6)33-25/h7-10,15,18-20,29H,11-13H2,1-6H3,(H,30,31)/t18-,19-/m0/s1. The Morgan fingerprint density at radius 1 is 1.12 bits per heavy atom. The zero-order valence-corrected chi connectivity index (χ0v) is 20.2. The number of alkyl halides is 2. The third kappa shape index (κ3) is 5.74. The number of amides is 1. The maximum Gasteiger partial charge on any atom is 0.494 e. The molecule has 2 fully saturated rings. The van der Waals surface area contributed by atoms with Gasteiger partial charge in [0.15, 0.2) is 0 Å². The van der Waals surface area contributed by atoms with Crippen molar-refractivity contribution in [3.8, 4) is 6.07 Å². The van der Waals surface area contributed by atoms with Gasteiger partial charge in [0, 0.05) is 0 Å².